The topological polar surface area (TPSA) is 107 Å². The molecule has 1 atom stereocenters. The van der Waals surface area contributed by atoms with E-state index in [1.54, 1.807) is 20.0 Å². The van der Waals surface area contributed by atoms with E-state index >= 15 is 0 Å². The van der Waals surface area contributed by atoms with Crippen LogP contribution in [0.2, 0.25) is 0 Å². The molecule has 9 heteroatoms. The summed E-state index contributed by atoms with van der Waals surface area (Å²) in [5, 5.41) is 6.47. The molecule has 0 radical (unpaired) electrons. The zero-order chi connectivity index (χ0) is 20.3. The molecule has 0 bridgehead atoms. The van der Waals surface area contributed by atoms with Gasteiger partial charge in [-0.1, -0.05) is 25.7 Å². The van der Waals surface area contributed by atoms with Crippen molar-refractivity contribution in [3.63, 3.8) is 0 Å². The number of rotatable bonds is 7. The van der Waals surface area contributed by atoms with Gasteiger partial charge in [-0.3, -0.25) is 14.5 Å². The molecule has 0 spiro atoms. The smallest absolute Gasteiger partial charge is 0.250 e. The number of carbonyl (C=O) groups excluding carboxylic acids is 1. The maximum absolute atomic E-state index is 13.0. The average Bonchev–Trinajstić information content (AvgIpc) is 3.33. The highest BCUT2D eigenvalue weighted by Crippen LogP contribution is 2.32. The maximum atomic E-state index is 13.0. The van der Waals surface area contributed by atoms with Crippen LogP contribution in [-0.4, -0.2) is 39.3 Å². The molecule has 1 fully saturated rings. The Morgan fingerprint density at radius 1 is 1.21 bits per heavy atom. The first kappa shape index (κ1) is 20.4. The van der Waals surface area contributed by atoms with E-state index < -0.39 is 21.1 Å². The van der Waals surface area contributed by atoms with Gasteiger partial charge in [-0.25, -0.2) is 13.4 Å². The van der Waals surface area contributed by atoms with Crippen LogP contribution in [0.3, 0.4) is 0 Å². The molecule has 3 rings (SSSR count). The van der Waals surface area contributed by atoms with E-state index in [-0.39, 0.29) is 10.8 Å². The third kappa shape index (κ3) is 4.57. The van der Waals surface area contributed by atoms with Crippen molar-refractivity contribution in [2.45, 2.75) is 69.1 Å². The van der Waals surface area contributed by atoms with Gasteiger partial charge in [0.05, 0.1) is 29.5 Å². The van der Waals surface area contributed by atoms with Crippen LogP contribution in [0.5, 0.6) is 0 Å². The Balaban J connectivity index is 1.85. The molecule has 1 amide bonds. The molecule has 0 aliphatic heterocycles. The summed E-state index contributed by atoms with van der Waals surface area (Å²) < 4.78 is 26.3. The van der Waals surface area contributed by atoms with Gasteiger partial charge in [0.15, 0.2) is 15.7 Å². The minimum Gasteiger partial charge on any atom is -0.308 e. The van der Waals surface area contributed by atoms with Crippen LogP contribution in [0.25, 0.3) is 0 Å². The fourth-order valence-electron chi connectivity index (χ4n) is 3.47. The summed E-state index contributed by atoms with van der Waals surface area (Å²) in [6.45, 7) is 5.08. The number of sulfone groups is 1. The summed E-state index contributed by atoms with van der Waals surface area (Å²) in [5.41, 5.74) is 0.760. The summed E-state index contributed by atoms with van der Waals surface area (Å²) in [6.07, 6.45) is 11.0. The molecule has 0 aromatic carbocycles. The van der Waals surface area contributed by atoms with Crippen LogP contribution in [0, 0.1) is 12.8 Å². The lowest BCUT2D eigenvalue weighted by Crippen LogP contribution is -2.28. The highest BCUT2D eigenvalue weighted by Gasteiger charge is 2.29. The Morgan fingerprint density at radius 2 is 1.93 bits per heavy atom. The molecule has 1 aliphatic carbocycles. The van der Waals surface area contributed by atoms with Gasteiger partial charge in [-0.15, -0.1) is 0 Å². The minimum absolute atomic E-state index is 0.141. The fourth-order valence-corrected chi connectivity index (χ4v) is 4.47. The molecule has 1 unspecified atom stereocenters. The molecule has 2 heterocycles. The lowest BCUT2D eigenvalue weighted by Gasteiger charge is -2.20. The zero-order valence-electron chi connectivity index (χ0n) is 16.5. The summed E-state index contributed by atoms with van der Waals surface area (Å²) in [5.74, 6) is 0.532. The van der Waals surface area contributed by atoms with E-state index in [1.807, 2.05) is 6.92 Å². The van der Waals surface area contributed by atoms with Crippen LogP contribution in [0.4, 0.5) is 5.82 Å². The Hall–Kier alpha value is -2.29. The highest BCUT2D eigenvalue weighted by molar-refractivity contribution is 7.92. The molecule has 1 saturated carbocycles. The molecular formula is C19H27N5O3S. The van der Waals surface area contributed by atoms with E-state index in [4.69, 9.17) is 0 Å². The van der Waals surface area contributed by atoms with Crippen molar-refractivity contribution in [3.8, 4) is 0 Å². The molecule has 152 valence electrons. The molecule has 2 aromatic rings. The molecule has 2 aromatic heterocycles. The quantitative estimate of drug-likeness (QED) is 0.759. The van der Waals surface area contributed by atoms with Crippen molar-refractivity contribution in [2.75, 3.05) is 5.32 Å². The third-order valence-electron chi connectivity index (χ3n) is 5.21. The first-order chi connectivity index (χ1) is 13.3. The number of anilines is 1. The van der Waals surface area contributed by atoms with Crippen molar-refractivity contribution < 1.29 is 13.2 Å². The van der Waals surface area contributed by atoms with Crippen LogP contribution in [0.1, 0.15) is 57.7 Å². The minimum atomic E-state index is -3.44. The van der Waals surface area contributed by atoms with Gasteiger partial charge < -0.3 is 5.32 Å². The average molecular weight is 406 g/mol. The number of carbonyl (C=O) groups is 1. The van der Waals surface area contributed by atoms with Crippen molar-refractivity contribution in [3.05, 3.63) is 30.5 Å². The molecule has 0 saturated heterocycles. The molecular weight excluding hydrogens is 378 g/mol. The first-order valence-corrected chi connectivity index (χ1v) is 11.2. The maximum Gasteiger partial charge on any atom is 0.250 e. The molecule has 1 aliphatic rings. The van der Waals surface area contributed by atoms with Gasteiger partial charge in [-0.2, -0.15) is 5.10 Å². The number of aromatic nitrogens is 4. The number of nitrogens with one attached hydrogen (secondary N) is 1. The standard InChI is InChI=1S/C19H27N5O3S/c1-13(2)28(26,27)16-10-22-24(12-16)17(8-15-6-4-5-7-15)19(25)23-18-11-20-14(3)9-21-18/h9-13,15,17H,4-8H2,1-3H3,(H,21,23,25). The van der Waals surface area contributed by atoms with Crippen molar-refractivity contribution >= 4 is 21.6 Å². The molecule has 28 heavy (non-hydrogen) atoms. The summed E-state index contributed by atoms with van der Waals surface area (Å²) >= 11 is 0. The third-order valence-corrected chi connectivity index (χ3v) is 7.32. The fraction of sp³-hybridized carbons (Fsp3) is 0.579. The van der Waals surface area contributed by atoms with Crippen LogP contribution in [0.15, 0.2) is 29.7 Å². The van der Waals surface area contributed by atoms with Gasteiger partial charge in [0.1, 0.15) is 10.9 Å². The van der Waals surface area contributed by atoms with Crippen molar-refractivity contribution in [1.82, 2.24) is 19.7 Å². The summed E-state index contributed by atoms with van der Waals surface area (Å²) in [7, 11) is -3.44. The van der Waals surface area contributed by atoms with Gasteiger partial charge in [0.25, 0.3) is 0 Å². The van der Waals surface area contributed by atoms with Gasteiger partial charge in [-0.05, 0) is 33.1 Å². The van der Waals surface area contributed by atoms with Crippen LogP contribution >= 0.6 is 0 Å². The largest absolute Gasteiger partial charge is 0.308 e. The summed E-state index contributed by atoms with van der Waals surface area (Å²) in [6, 6.07) is -0.595. The number of aryl methyl sites for hydroxylation is 1. The van der Waals surface area contributed by atoms with E-state index in [0.29, 0.717) is 18.2 Å². The second kappa shape index (κ2) is 8.38. The second-order valence-corrected chi connectivity index (χ2v) is 10.2. The predicted molar refractivity (Wildman–Crippen MR) is 106 cm³/mol. The Kier molecular flexibility index (Phi) is 6.12. The van der Waals surface area contributed by atoms with Crippen molar-refractivity contribution in [2.24, 2.45) is 5.92 Å². The number of amides is 1. The van der Waals surface area contributed by atoms with Crippen molar-refractivity contribution in [1.29, 1.82) is 0 Å². The molecule has 1 N–H and O–H groups in total. The normalized spacial score (nSPS) is 16.4. The van der Waals surface area contributed by atoms with Crippen LogP contribution in [-0.2, 0) is 14.6 Å². The van der Waals surface area contributed by atoms with Crippen LogP contribution < -0.4 is 5.32 Å². The lowest BCUT2D eigenvalue weighted by molar-refractivity contribution is -0.120. The van der Waals surface area contributed by atoms with E-state index in [1.165, 1.54) is 23.3 Å². The highest BCUT2D eigenvalue weighted by atomic mass is 32.2. The van der Waals surface area contributed by atoms with E-state index in [2.05, 4.69) is 20.4 Å². The van der Waals surface area contributed by atoms with Gasteiger partial charge in [0, 0.05) is 6.20 Å². The number of hydrogen-bond donors (Lipinski definition) is 1. The zero-order valence-corrected chi connectivity index (χ0v) is 17.3. The number of hydrogen-bond acceptors (Lipinski definition) is 6. The van der Waals surface area contributed by atoms with Gasteiger partial charge in [0.2, 0.25) is 5.91 Å². The second-order valence-electron chi connectivity index (χ2n) is 7.68. The summed E-state index contributed by atoms with van der Waals surface area (Å²) in [4.78, 5) is 21.4. The van der Waals surface area contributed by atoms with E-state index in [0.717, 1.165) is 31.4 Å². The van der Waals surface area contributed by atoms with E-state index in [9.17, 15) is 13.2 Å². The predicted octanol–water partition coefficient (Wildman–Crippen LogP) is 2.92. The Morgan fingerprint density at radius 3 is 2.54 bits per heavy atom. The van der Waals surface area contributed by atoms with Gasteiger partial charge >= 0.3 is 0 Å². The Labute approximate surface area is 165 Å². The Bertz CT molecular complexity index is 915. The SMILES string of the molecule is Cc1cnc(NC(=O)C(CC2CCCC2)n2cc(S(=O)(=O)C(C)C)cn2)cn1. The number of nitrogens with zero attached hydrogens (tertiary/aromatic N) is 4. The molecule has 8 nitrogen and oxygen atoms in total. The first-order valence-electron chi connectivity index (χ1n) is 9.65. The monoisotopic (exact) mass is 405 g/mol. The lowest BCUT2D eigenvalue weighted by atomic mass is 9.98.